The van der Waals surface area contributed by atoms with Crippen molar-refractivity contribution in [2.24, 2.45) is 0 Å². The van der Waals surface area contributed by atoms with Crippen LogP contribution in [0.3, 0.4) is 0 Å². The van der Waals surface area contributed by atoms with Crippen LogP contribution >= 0.6 is 27.7 Å². The average molecular weight is 428 g/mol. The predicted octanol–water partition coefficient (Wildman–Crippen LogP) is 3.83. The first kappa shape index (κ1) is 19.5. The fourth-order valence-electron chi connectivity index (χ4n) is 2.20. The van der Waals surface area contributed by atoms with Gasteiger partial charge in [-0.05, 0) is 72.2 Å². The summed E-state index contributed by atoms with van der Waals surface area (Å²) in [6.07, 6.45) is 1.65. The van der Waals surface area contributed by atoms with Crippen LogP contribution in [0.1, 0.15) is 26.3 Å². The number of esters is 1. The van der Waals surface area contributed by atoms with Gasteiger partial charge >= 0.3 is 5.97 Å². The number of hydrogen-bond acceptors (Lipinski definition) is 6. The van der Waals surface area contributed by atoms with E-state index in [-0.39, 0.29) is 11.0 Å². The molecular weight excluding hydrogens is 410 g/mol. The number of carbonyl (C=O) groups is 3. The Morgan fingerprint density at radius 2 is 1.96 bits per heavy atom. The Bertz CT molecular complexity index is 747. The zero-order valence-corrected chi connectivity index (χ0v) is 16.6. The average Bonchev–Trinajstić information content (AvgIpc) is 2.82. The number of thioether (sulfide) groups is 1. The fourth-order valence-corrected chi connectivity index (χ4v) is 3.60. The number of carbonyl (C=O) groups excluding carboxylic acids is 3. The number of imide groups is 1. The van der Waals surface area contributed by atoms with E-state index in [1.165, 1.54) is 14.0 Å². The number of methoxy groups -OCH3 is 1. The number of benzene rings is 1. The van der Waals surface area contributed by atoms with Crippen molar-refractivity contribution in [3.63, 3.8) is 0 Å². The molecule has 2 rings (SSSR count). The Morgan fingerprint density at radius 1 is 1.28 bits per heavy atom. The summed E-state index contributed by atoms with van der Waals surface area (Å²) in [5, 5.41) is -0.493. The lowest BCUT2D eigenvalue weighted by molar-refractivity contribution is -0.148. The molecule has 1 atom stereocenters. The van der Waals surface area contributed by atoms with Gasteiger partial charge in [0.1, 0.15) is 11.8 Å². The van der Waals surface area contributed by atoms with E-state index >= 15 is 0 Å². The maximum atomic E-state index is 12.5. The summed E-state index contributed by atoms with van der Waals surface area (Å²) in [5.74, 6) is -0.451. The van der Waals surface area contributed by atoms with Crippen LogP contribution in [-0.4, -0.2) is 41.3 Å². The largest absolute Gasteiger partial charge is 0.490 e. The Labute approximate surface area is 158 Å². The summed E-state index contributed by atoms with van der Waals surface area (Å²) < 4.78 is 11.0. The van der Waals surface area contributed by atoms with Crippen molar-refractivity contribution in [1.29, 1.82) is 0 Å². The Balaban J connectivity index is 2.24. The van der Waals surface area contributed by atoms with Crippen LogP contribution in [0.2, 0.25) is 0 Å². The fraction of sp³-hybridized carbons (Fsp3) is 0.353. The van der Waals surface area contributed by atoms with Gasteiger partial charge in [0, 0.05) is 0 Å². The minimum Gasteiger partial charge on any atom is -0.490 e. The van der Waals surface area contributed by atoms with Gasteiger partial charge in [-0.25, -0.2) is 4.79 Å². The molecule has 1 saturated heterocycles. The number of hydrogen-bond donors (Lipinski definition) is 0. The first-order chi connectivity index (χ1) is 11.7. The van der Waals surface area contributed by atoms with Gasteiger partial charge in [-0.3, -0.25) is 14.5 Å². The molecule has 0 saturated carbocycles. The molecule has 1 heterocycles. The molecule has 8 heteroatoms. The van der Waals surface area contributed by atoms with Crippen LogP contribution < -0.4 is 4.74 Å². The highest BCUT2D eigenvalue weighted by molar-refractivity contribution is 9.10. The minimum absolute atomic E-state index is 0.0402. The van der Waals surface area contributed by atoms with E-state index in [4.69, 9.17) is 4.74 Å². The van der Waals surface area contributed by atoms with Crippen molar-refractivity contribution in [2.75, 3.05) is 7.11 Å². The quantitative estimate of drug-likeness (QED) is 0.524. The van der Waals surface area contributed by atoms with Gasteiger partial charge in [-0.2, -0.15) is 0 Å². The second-order valence-corrected chi connectivity index (χ2v) is 7.45. The van der Waals surface area contributed by atoms with Gasteiger partial charge in [0.15, 0.2) is 0 Å². The molecule has 0 unspecified atom stereocenters. The van der Waals surface area contributed by atoms with Gasteiger partial charge in [0.25, 0.3) is 11.1 Å². The lowest BCUT2D eigenvalue weighted by Gasteiger charge is -2.18. The number of halogens is 1. The monoisotopic (exact) mass is 427 g/mol. The predicted molar refractivity (Wildman–Crippen MR) is 99.2 cm³/mol. The molecule has 1 aliphatic rings. The molecule has 1 aliphatic heterocycles. The van der Waals surface area contributed by atoms with Crippen LogP contribution in [0, 0.1) is 0 Å². The van der Waals surface area contributed by atoms with Crippen molar-refractivity contribution >= 4 is 50.9 Å². The number of nitrogens with zero attached hydrogens (tertiary/aromatic N) is 1. The molecule has 0 aromatic heterocycles. The Morgan fingerprint density at radius 3 is 2.52 bits per heavy atom. The Kier molecular flexibility index (Phi) is 6.29. The van der Waals surface area contributed by atoms with Gasteiger partial charge in [-0.1, -0.05) is 6.07 Å². The highest BCUT2D eigenvalue weighted by Gasteiger charge is 2.41. The summed E-state index contributed by atoms with van der Waals surface area (Å²) in [4.78, 5) is 37.3. The summed E-state index contributed by atoms with van der Waals surface area (Å²) in [7, 11) is 1.21. The zero-order chi connectivity index (χ0) is 18.7. The molecule has 1 aromatic rings. The molecule has 134 valence electrons. The maximum Gasteiger partial charge on any atom is 0.328 e. The number of ether oxygens (including phenoxy) is 2. The number of rotatable bonds is 5. The Hall–Kier alpha value is -1.80. The van der Waals surface area contributed by atoms with Gasteiger partial charge < -0.3 is 9.47 Å². The van der Waals surface area contributed by atoms with E-state index in [1.54, 1.807) is 24.3 Å². The normalized spacial score (nSPS) is 17.4. The molecule has 25 heavy (non-hydrogen) atoms. The third-order valence-electron chi connectivity index (χ3n) is 3.37. The molecule has 2 amide bonds. The highest BCUT2D eigenvalue weighted by Crippen LogP contribution is 2.35. The van der Waals surface area contributed by atoms with E-state index in [1.807, 2.05) is 13.8 Å². The first-order valence-corrected chi connectivity index (χ1v) is 9.16. The number of amides is 2. The lowest BCUT2D eigenvalue weighted by Crippen LogP contribution is -2.42. The standard InChI is InChI=1S/C17H18BrNO5S/c1-9(2)24-13-6-5-11(7-12(13)18)8-14-15(20)19(17(22)25-14)10(3)16(21)23-4/h5-10H,1-4H3/b14-8+/t10-/m1/s1. The summed E-state index contributed by atoms with van der Waals surface area (Å²) in [6.45, 7) is 5.32. The topological polar surface area (TPSA) is 72.9 Å². The summed E-state index contributed by atoms with van der Waals surface area (Å²) in [6, 6.07) is 4.42. The van der Waals surface area contributed by atoms with Crippen molar-refractivity contribution in [3.8, 4) is 5.75 Å². The van der Waals surface area contributed by atoms with Crippen LogP contribution in [0.4, 0.5) is 4.79 Å². The van der Waals surface area contributed by atoms with Crippen LogP contribution in [0.15, 0.2) is 27.6 Å². The summed E-state index contributed by atoms with van der Waals surface area (Å²) >= 11 is 4.23. The van der Waals surface area contributed by atoms with E-state index in [0.717, 1.165) is 26.7 Å². The van der Waals surface area contributed by atoms with Crippen molar-refractivity contribution < 1.29 is 23.9 Å². The second-order valence-electron chi connectivity index (χ2n) is 5.61. The van der Waals surface area contributed by atoms with Crippen LogP contribution in [-0.2, 0) is 14.3 Å². The molecule has 0 aliphatic carbocycles. The second kappa shape index (κ2) is 8.05. The molecule has 0 spiro atoms. The molecule has 0 N–H and O–H groups in total. The third-order valence-corrected chi connectivity index (χ3v) is 4.87. The summed E-state index contributed by atoms with van der Waals surface area (Å²) in [5.41, 5.74) is 0.735. The van der Waals surface area contributed by atoms with Gasteiger partial charge in [0.05, 0.1) is 22.6 Å². The SMILES string of the molecule is COC(=O)[C@@H](C)N1C(=O)S/C(=C/c2ccc(OC(C)C)c(Br)c2)C1=O. The van der Waals surface area contributed by atoms with E-state index in [2.05, 4.69) is 20.7 Å². The van der Waals surface area contributed by atoms with E-state index < -0.39 is 23.2 Å². The lowest BCUT2D eigenvalue weighted by atomic mass is 10.2. The van der Waals surface area contributed by atoms with Crippen molar-refractivity contribution in [3.05, 3.63) is 33.1 Å². The van der Waals surface area contributed by atoms with Crippen molar-refractivity contribution in [2.45, 2.75) is 32.9 Å². The third kappa shape index (κ3) is 4.43. The van der Waals surface area contributed by atoms with Gasteiger partial charge in [-0.15, -0.1) is 0 Å². The van der Waals surface area contributed by atoms with Gasteiger partial charge in [0.2, 0.25) is 0 Å². The maximum absolute atomic E-state index is 12.5. The van der Waals surface area contributed by atoms with E-state index in [0.29, 0.717) is 5.75 Å². The molecule has 0 radical (unpaired) electrons. The smallest absolute Gasteiger partial charge is 0.328 e. The molecule has 0 bridgehead atoms. The molecule has 1 fully saturated rings. The van der Waals surface area contributed by atoms with Crippen LogP contribution in [0.25, 0.3) is 6.08 Å². The molecular formula is C17H18BrNO5S. The van der Waals surface area contributed by atoms with Crippen molar-refractivity contribution in [1.82, 2.24) is 4.90 Å². The zero-order valence-electron chi connectivity index (χ0n) is 14.2. The minimum atomic E-state index is -0.961. The first-order valence-electron chi connectivity index (χ1n) is 7.55. The highest BCUT2D eigenvalue weighted by atomic mass is 79.9. The molecule has 1 aromatic carbocycles. The van der Waals surface area contributed by atoms with E-state index in [9.17, 15) is 14.4 Å². The van der Waals surface area contributed by atoms with Crippen LogP contribution in [0.5, 0.6) is 5.75 Å². The molecule has 6 nitrogen and oxygen atoms in total.